The van der Waals surface area contributed by atoms with Gasteiger partial charge in [-0.05, 0) is 116 Å². The van der Waals surface area contributed by atoms with Crippen LogP contribution in [0.1, 0.15) is 86.2 Å². The van der Waals surface area contributed by atoms with Crippen LogP contribution >= 0.6 is 0 Å². The van der Waals surface area contributed by atoms with Gasteiger partial charge in [0.15, 0.2) is 0 Å². The van der Waals surface area contributed by atoms with Crippen LogP contribution in [0, 0.1) is 0 Å². The molecule has 0 spiro atoms. The summed E-state index contributed by atoms with van der Waals surface area (Å²) in [6.07, 6.45) is 1.75. The summed E-state index contributed by atoms with van der Waals surface area (Å²) in [5.74, 6) is -0.247. The first kappa shape index (κ1) is 34.5. The largest absolute Gasteiger partial charge is 0.507 e. The lowest BCUT2D eigenvalue weighted by atomic mass is 9.79. The number of rotatable bonds is 8. The SMILES string of the molecule is [2H]c1c([2H])c([2H])c(-c2cc(-c3cc(-c4ccccc4)ccn3)cc(-c3cccc4c3nc(-c3cc(C(C)(C)C)cc(C(C)(C)C)c3O)n4-c3ccc(C([2H])(C)C)cc3-c3ccccc3)c2)c([2H])c1[2H]. The van der Waals surface area contributed by atoms with Crippen LogP contribution in [0.2, 0.25) is 0 Å². The fraction of sp³-hybridized carbons (Fsp3) is 0.186. The molecule has 4 nitrogen and oxygen atoms in total. The Bertz CT molecular complexity index is 3420. The summed E-state index contributed by atoms with van der Waals surface area (Å²) >= 11 is 0. The molecule has 0 aliphatic rings. The highest BCUT2D eigenvalue weighted by Gasteiger charge is 2.29. The number of hydrogen-bond donors (Lipinski definition) is 1. The van der Waals surface area contributed by atoms with E-state index in [0.29, 0.717) is 39.3 Å². The Morgan fingerprint density at radius 1 is 0.571 bits per heavy atom. The molecule has 2 aromatic heterocycles. The monoisotopic (exact) mass is 827 g/mol. The smallest absolute Gasteiger partial charge is 0.149 e. The minimum absolute atomic E-state index is 0.0743. The van der Waals surface area contributed by atoms with Crippen LogP contribution in [0.5, 0.6) is 5.75 Å². The molecule has 0 bridgehead atoms. The molecular formula is C59H55N3O. The van der Waals surface area contributed by atoms with Gasteiger partial charge >= 0.3 is 0 Å². The summed E-state index contributed by atoms with van der Waals surface area (Å²) in [6.45, 7) is 16.5. The summed E-state index contributed by atoms with van der Waals surface area (Å²) in [4.78, 5) is 10.4. The van der Waals surface area contributed by atoms with Crippen LogP contribution in [0.15, 0.2) is 176 Å². The maximum absolute atomic E-state index is 12.6. The third-order valence-electron chi connectivity index (χ3n) is 11.8. The predicted molar refractivity (Wildman–Crippen MR) is 265 cm³/mol. The molecule has 0 unspecified atom stereocenters. The molecule has 0 saturated heterocycles. The van der Waals surface area contributed by atoms with Gasteiger partial charge in [0.25, 0.3) is 0 Å². The van der Waals surface area contributed by atoms with E-state index >= 15 is 0 Å². The topological polar surface area (TPSA) is 50.9 Å². The van der Waals surface area contributed by atoms with Crippen molar-refractivity contribution in [3.05, 3.63) is 193 Å². The molecule has 0 aliphatic carbocycles. The third-order valence-corrected chi connectivity index (χ3v) is 11.8. The average molecular weight is 828 g/mol. The number of aromatic nitrogens is 3. The lowest BCUT2D eigenvalue weighted by Gasteiger charge is -2.27. The van der Waals surface area contributed by atoms with E-state index in [4.69, 9.17) is 18.2 Å². The molecule has 0 aliphatic heterocycles. The number of para-hydroxylation sites is 1. The molecule has 0 amide bonds. The summed E-state index contributed by atoms with van der Waals surface area (Å²) in [5.41, 5.74) is 11.7. The van der Waals surface area contributed by atoms with Gasteiger partial charge in [0.2, 0.25) is 0 Å². The zero-order valence-electron chi connectivity index (χ0n) is 43.1. The molecule has 2 heterocycles. The van der Waals surface area contributed by atoms with Crippen molar-refractivity contribution in [2.45, 2.75) is 72.1 Å². The van der Waals surface area contributed by atoms with Crippen molar-refractivity contribution in [2.75, 3.05) is 0 Å². The normalized spacial score (nSPS) is 13.5. The maximum Gasteiger partial charge on any atom is 0.149 e. The molecule has 0 radical (unpaired) electrons. The number of phenols is 1. The first-order valence-corrected chi connectivity index (χ1v) is 21.5. The quantitative estimate of drug-likeness (QED) is 0.166. The molecule has 9 aromatic rings. The van der Waals surface area contributed by atoms with Crippen LogP contribution in [0.3, 0.4) is 0 Å². The molecule has 312 valence electrons. The summed E-state index contributed by atoms with van der Waals surface area (Å²) < 4.78 is 55.0. The van der Waals surface area contributed by atoms with Gasteiger partial charge in [-0.2, -0.15) is 0 Å². The van der Waals surface area contributed by atoms with Crippen LogP contribution in [0.4, 0.5) is 0 Å². The van der Waals surface area contributed by atoms with E-state index in [1.807, 2.05) is 129 Å². The van der Waals surface area contributed by atoms with E-state index in [1.54, 1.807) is 6.20 Å². The summed E-state index contributed by atoms with van der Waals surface area (Å²) in [6, 6.07) is 44.1. The molecule has 63 heavy (non-hydrogen) atoms. The van der Waals surface area contributed by atoms with E-state index in [9.17, 15) is 5.11 Å². The lowest BCUT2D eigenvalue weighted by molar-refractivity contribution is 0.446. The first-order chi connectivity index (χ1) is 32.6. The second kappa shape index (κ2) is 16.3. The Balaban J connectivity index is 1.40. The highest BCUT2D eigenvalue weighted by atomic mass is 16.3. The molecule has 0 fully saturated rings. The number of hydrogen-bond acceptors (Lipinski definition) is 3. The van der Waals surface area contributed by atoms with Gasteiger partial charge in [-0.1, -0.05) is 171 Å². The Hall–Kier alpha value is -7.04. The molecule has 9 rings (SSSR count). The highest BCUT2D eigenvalue weighted by molar-refractivity contribution is 5.98. The standard InChI is InChI=1S/C59H55N3O/c1-38(2)42-27-28-53(49(34-42)41-23-16-11-17-24-41)62-54-26-18-25-48(55(54)61-57(62)50-36-47(58(3,4)5)37-51(56(50)63)59(6,7)8)45-31-44(40-21-14-10-15-22-40)32-46(33-45)52-35-43(29-30-60-52)39-19-12-9-13-20-39/h9-38,63H,1-8H3/i10D,14D,15D,21D,22D,38D. The number of nitrogens with zero attached hydrogens (tertiary/aromatic N) is 3. The number of benzene rings is 7. The summed E-state index contributed by atoms with van der Waals surface area (Å²) in [5, 5.41) is 12.6. The van der Waals surface area contributed by atoms with Gasteiger partial charge in [0, 0.05) is 29.8 Å². The van der Waals surface area contributed by atoms with Gasteiger partial charge < -0.3 is 5.11 Å². The first-order valence-electron chi connectivity index (χ1n) is 24.5. The predicted octanol–water partition coefficient (Wildman–Crippen LogP) is 15.8. The van der Waals surface area contributed by atoms with Crippen molar-refractivity contribution in [1.29, 1.82) is 0 Å². The van der Waals surface area contributed by atoms with Crippen molar-refractivity contribution < 1.29 is 13.3 Å². The Morgan fingerprint density at radius 2 is 1.25 bits per heavy atom. The van der Waals surface area contributed by atoms with Gasteiger partial charge in [-0.25, -0.2) is 4.98 Å². The van der Waals surface area contributed by atoms with E-state index in [2.05, 4.69) is 70.4 Å². The van der Waals surface area contributed by atoms with Crippen LogP contribution in [0.25, 0.3) is 83.9 Å². The average Bonchev–Trinajstić information content (AvgIpc) is 3.71. The highest BCUT2D eigenvalue weighted by Crippen LogP contribution is 2.46. The van der Waals surface area contributed by atoms with Crippen molar-refractivity contribution in [3.63, 3.8) is 0 Å². The number of phenolic OH excluding ortho intramolecular Hbond substituents is 1. The van der Waals surface area contributed by atoms with Gasteiger partial charge in [0.1, 0.15) is 11.6 Å². The molecular weight excluding hydrogens is 767 g/mol. The fourth-order valence-corrected chi connectivity index (χ4v) is 8.33. The molecule has 4 heteroatoms. The van der Waals surface area contributed by atoms with Crippen molar-refractivity contribution in [1.82, 2.24) is 14.5 Å². The van der Waals surface area contributed by atoms with Gasteiger partial charge in [-0.15, -0.1) is 0 Å². The van der Waals surface area contributed by atoms with Gasteiger partial charge in [0.05, 0.1) is 34.8 Å². The zero-order chi connectivity index (χ0) is 49.3. The number of fused-ring (bicyclic) bond motifs is 1. The summed E-state index contributed by atoms with van der Waals surface area (Å²) in [7, 11) is 0. The molecule has 1 N–H and O–H groups in total. The van der Waals surface area contributed by atoms with Crippen molar-refractivity contribution in [3.8, 4) is 78.6 Å². The van der Waals surface area contributed by atoms with Crippen molar-refractivity contribution >= 4 is 11.0 Å². The maximum atomic E-state index is 12.6. The molecule has 0 saturated carbocycles. The Labute approximate surface area is 381 Å². The third kappa shape index (κ3) is 8.10. The second-order valence-electron chi connectivity index (χ2n) is 18.6. The van der Waals surface area contributed by atoms with E-state index < -0.39 is 29.4 Å². The van der Waals surface area contributed by atoms with Crippen LogP contribution in [-0.4, -0.2) is 19.6 Å². The Morgan fingerprint density at radius 3 is 1.94 bits per heavy atom. The van der Waals surface area contributed by atoms with E-state index in [-0.39, 0.29) is 28.8 Å². The van der Waals surface area contributed by atoms with Crippen molar-refractivity contribution in [2.24, 2.45) is 0 Å². The fourth-order valence-electron chi connectivity index (χ4n) is 8.33. The zero-order valence-corrected chi connectivity index (χ0v) is 37.1. The minimum Gasteiger partial charge on any atom is -0.507 e. The number of aromatic hydroxyl groups is 1. The number of imidazole rings is 1. The van der Waals surface area contributed by atoms with Gasteiger partial charge in [-0.3, -0.25) is 9.55 Å². The Kier molecular flexibility index (Phi) is 8.96. The molecule has 7 aromatic carbocycles. The molecule has 0 atom stereocenters. The lowest BCUT2D eigenvalue weighted by Crippen LogP contribution is -2.17. The van der Waals surface area contributed by atoms with E-state index in [0.717, 1.165) is 55.7 Å². The van der Waals surface area contributed by atoms with Crippen LogP contribution < -0.4 is 0 Å². The minimum atomic E-state index is -0.894. The number of pyridine rings is 1. The van der Waals surface area contributed by atoms with E-state index in [1.165, 1.54) is 0 Å². The second-order valence-corrected chi connectivity index (χ2v) is 18.6. The van der Waals surface area contributed by atoms with Crippen LogP contribution in [-0.2, 0) is 10.8 Å².